The van der Waals surface area contributed by atoms with E-state index >= 15 is 0 Å². The van der Waals surface area contributed by atoms with Gasteiger partial charge in [0.25, 0.3) is 0 Å². The molecule has 1 N–H and O–H groups in total. The minimum Gasteiger partial charge on any atom is -0.493 e. The number of aromatic nitrogens is 1. The van der Waals surface area contributed by atoms with E-state index in [9.17, 15) is 5.26 Å². The number of thiophene rings is 1. The highest BCUT2D eigenvalue weighted by Gasteiger charge is 2.24. The quantitative estimate of drug-likeness (QED) is 0.456. The molecule has 3 heterocycles. The summed E-state index contributed by atoms with van der Waals surface area (Å²) in [5, 5.41) is 19.5. The Morgan fingerprint density at radius 3 is 2.65 bits per heavy atom. The van der Waals surface area contributed by atoms with Crippen molar-refractivity contribution >= 4 is 22.3 Å². The number of nitriles is 1. The number of piperidine rings is 1. The zero-order chi connectivity index (χ0) is 23.9. The topological polar surface area (TPSA) is 74.3 Å². The predicted molar refractivity (Wildman–Crippen MR) is 137 cm³/mol. The van der Waals surface area contributed by atoms with Crippen molar-refractivity contribution in [1.29, 1.82) is 5.26 Å². The monoisotopic (exact) mass is 480 g/mol. The van der Waals surface area contributed by atoms with E-state index in [0.29, 0.717) is 0 Å². The van der Waals surface area contributed by atoms with Crippen LogP contribution in [-0.4, -0.2) is 43.8 Å². The third kappa shape index (κ3) is 6.18. The zero-order valence-corrected chi connectivity index (χ0v) is 21.4. The SMILES string of the molecule is CNC.Cc1c(OCC2CC2)ccc2c(CCC3CCN(Cc4sccc4C#N)CC3)noc12. The Labute approximate surface area is 206 Å². The first-order chi connectivity index (χ1) is 16.6. The molecular weight excluding hydrogens is 444 g/mol. The molecule has 2 aliphatic rings. The number of nitrogens with one attached hydrogen (secondary N) is 1. The molecule has 0 bridgehead atoms. The third-order valence-corrected chi connectivity index (χ3v) is 7.72. The van der Waals surface area contributed by atoms with E-state index in [2.05, 4.69) is 40.5 Å². The average Bonchev–Trinajstić information content (AvgIpc) is 3.41. The zero-order valence-electron chi connectivity index (χ0n) is 20.6. The van der Waals surface area contributed by atoms with E-state index in [4.69, 9.17) is 9.26 Å². The fraction of sp³-hybridized carbons (Fsp3) is 0.556. The Morgan fingerprint density at radius 1 is 1.18 bits per heavy atom. The van der Waals surface area contributed by atoms with Crippen molar-refractivity contribution in [2.45, 2.75) is 52.0 Å². The molecule has 1 saturated heterocycles. The van der Waals surface area contributed by atoms with E-state index in [-0.39, 0.29) is 0 Å². The first-order valence-electron chi connectivity index (χ1n) is 12.4. The van der Waals surface area contributed by atoms with Gasteiger partial charge in [-0.25, -0.2) is 0 Å². The van der Waals surface area contributed by atoms with Gasteiger partial charge in [0.05, 0.1) is 17.9 Å². The molecule has 2 aromatic heterocycles. The van der Waals surface area contributed by atoms with Crippen LogP contribution in [0, 0.1) is 30.1 Å². The third-order valence-electron chi connectivity index (χ3n) is 6.82. The van der Waals surface area contributed by atoms with Gasteiger partial charge in [0, 0.05) is 22.4 Å². The molecule has 2 fully saturated rings. The van der Waals surface area contributed by atoms with Crippen molar-refractivity contribution in [2.24, 2.45) is 11.8 Å². The Bertz CT molecular complexity index is 1100. The number of hydrogen-bond donors (Lipinski definition) is 1. The fourth-order valence-corrected chi connectivity index (χ4v) is 5.40. The molecule has 0 radical (unpaired) electrons. The van der Waals surface area contributed by atoms with Crippen LogP contribution < -0.4 is 10.1 Å². The number of fused-ring (bicyclic) bond motifs is 1. The lowest BCUT2D eigenvalue weighted by molar-refractivity contribution is 0.173. The molecule has 5 rings (SSSR count). The van der Waals surface area contributed by atoms with E-state index in [1.807, 2.05) is 25.5 Å². The van der Waals surface area contributed by atoms with Crippen LogP contribution in [0.4, 0.5) is 0 Å². The number of nitrogens with zero attached hydrogens (tertiary/aromatic N) is 3. The van der Waals surface area contributed by atoms with Crippen molar-refractivity contribution < 1.29 is 9.26 Å². The summed E-state index contributed by atoms with van der Waals surface area (Å²) in [4.78, 5) is 3.69. The molecule has 1 aliphatic carbocycles. The minimum atomic E-state index is 0.726. The maximum Gasteiger partial charge on any atom is 0.173 e. The molecule has 7 heteroatoms. The van der Waals surface area contributed by atoms with Crippen LogP contribution in [0.25, 0.3) is 11.0 Å². The first kappa shape index (κ1) is 24.7. The van der Waals surface area contributed by atoms with E-state index < -0.39 is 0 Å². The lowest BCUT2D eigenvalue weighted by Gasteiger charge is -2.31. The van der Waals surface area contributed by atoms with Gasteiger partial charge >= 0.3 is 0 Å². The summed E-state index contributed by atoms with van der Waals surface area (Å²) in [5.41, 5.74) is 3.85. The van der Waals surface area contributed by atoms with Gasteiger partial charge in [-0.15, -0.1) is 11.3 Å². The first-order valence-corrected chi connectivity index (χ1v) is 13.3. The van der Waals surface area contributed by atoms with Gasteiger partial charge in [-0.1, -0.05) is 5.16 Å². The van der Waals surface area contributed by atoms with Gasteiger partial charge in [-0.3, -0.25) is 4.90 Å². The van der Waals surface area contributed by atoms with Gasteiger partial charge in [0.15, 0.2) is 5.58 Å². The van der Waals surface area contributed by atoms with Crippen molar-refractivity contribution in [2.75, 3.05) is 33.8 Å². The maximum atomic E-state index is 9.22. The summed E-state index contributed by atoms with van der Waals surface area (Å²) >= 11 is 1.70. The summed E-state index contributed by atoms with van der Waals surface area (Å²) in [6.07, 6.45) is 7.12. The Hall–Kier alpha value is -2.40. The van der Waals surface area contributed by atoms with Gasteiger partial charge < -0.3 is 14.6 Å². The molecule has 6 nitrogen and oxygen atoms in total. The highest BCUT2D eigenvalue weighted by molar-refractivity contribution is 7.10. The molecule has 3 aromatic rings. The molecule has 1 aliphatic heterocycles. The van der Waals surface area contributed by atoms with Gasteiger partial charge in [-0.05, 0) is 108 Å². The van der Waals surface area contributed by atoms with Crippen molar-refractivity contribution in [3.05, 3.63) is 45.3 Å². The Balaban J connectivity index is 0.000000868. The smallest absolute Gasteiger partial charge is 0.173 e. The van der Waals surface area contributed by atoms with E-state index in [0.717, 1.165) is 84.5 Å². The lowest BCUT2D eigenvalue weighted by atomic mass is 9.91. The second-order valence-corrected chi connectivity index (χ2v) is 10.6. The molecule has 1 aromatic carbocycles. The van der Waals surface area contributed by atoms with Gasteiger partial charge in [-0.2, -0.15) is 5.26 Å². The van der Waals surface area contributed by atoms with Crippen LogP contribution in [0.3, 0.4) is 0 Å². The summed E-state index contributed by atoms with van der Waals surface area (Å²) < 4.78 is 11.7. The number of rotatable bonds is 8. The number of ether oxygens (including phenoxy) is 1. The molecule has 182 valence electrons. The van der Waals surface area contributed by atoms with Crippen molar-refractivity contribution in [3.63, 3.8) is 0 Å². The largest absolute Gasteiger partial charge is 0.493 e. The highest BCUT2D eigenvalue weighted by atomic mass is 32.1. The lowest BCUT2D eigenvalue weighted by Crippen LogP contribution is -2.33. The Kier molecular flexibility index (Phi) is 8.60. The second kappa shape index (κ2) is 11.8. The van der Waals surface area contributed by atoms with Crippen LogP contribution in [0.5, 0.6) is 5.75 Å². The molecular formula is C27H36N4O2S. The summed E-state index contributed by atoms with van der Waals surface area (Å²) in [7, 11) is 3.75. The van der Waals surface area contributed by atoms with Crippen LogP contribution in [-0.2, 0) is 13.0 Å². The molecule has 34 heavy (non-hydrogen) atoms. The van der Waals surface area contributed by atoms with E-state index in [1.54, 1.807) is 11.3 Å². The second-order valence-electron chi connectivity index (χ2n) is 9.58. The molecule has 0 unspecified atom stereocenters. The number of aryl methyl sites for hydroxylation is 2. The van der Waals surface area contributed by atoms with Crippen molar-refractivity contribution in [1.82, 2.24) is 15.4 Å². The van der Waals surface area contributed by atoms with Crippen LogP contribution in [0.1, 0.15) is 53.8 Å². The highest BCUT2D eigenvalue weighted by Crippen LogP contribution is 2.34. The van der Waals surface area contributed by atoms with Crippen LogP contribution >= 0.6 is 11.3 Å². The summed E-state index contributed by atoms with van der Waals surface area (Å²) in [5.74, 6) is 2.40. The van der Waals surface area contributed by atoms with Crippen LogP contribution in [0.2, 0.25) is 0 Å². The number of benzene rings is 1. The Morgan fingerprint density at radius 2 is 1.94 bits per heavy atom. The number of hydrogen-bond acceptors (Lipinski definition) is 7. The van der Waals surface area contributed by atoms with Gasteiger partial charge in [0.2, 0.25) is 0 Å². The normalized spacial score (nSPS) is 16.8. The molecule has 1 saturated carbocycles. The molecule has 0 spiro atoms. The minimum absolute atomic E-state index is 0.726. The van der Waals surface area contributed by atoms with Crippen LogP contribution in [0.15, 0.2) is 28.1 Å². The van der Waals surface area contributed by atoms with Gasteiger partial charge in [0.1, 0.15) is 11.8 Å². The summed E-state index contributed by atoms with van der Waals surface area (Å²) in [6, 6.07) is 8.44. The average molecular weight is 481 g/mol. The van der Waals surface area contributed by atoms with Crippen molar-refractivity contribution in [3.8, 4) is 11.8 Å². The van der Waals surface area contributed by atoms with E-state index in [1.165, 1.54) is 30.6 Å². The predicted octanol–water partition coefficient (Wildman–Crippen LogP) is 5.54. The summed E-state index contributed by atoms with van der Waals surface area (Å²) in [6.45, 7) is 6.00. The maximum absolute atomic E-state index is 9.22. The fourth-order valence-electron chi connectivity index (χ4n) is 4.54. The molecule has 0 atom stereocenters. The number of likely N-dealkylation sites (tertiary alicyclic amines) is 1. The molecule has 0 amide bonds. The standard InChI is InChI=1S/C25H29N3O2S.C2H7N/c1-17-23(29-16-19-2-3-19)7-5-21-22(27-30-25(17)21)6-4-18-8-11-28(12-9-18)15-24-20(14-26)10-13-31-24;1-3-2/h5,7,10,13,18-19H,2-4,6,8-9,11-12,15-16H2,1H3;3H,1-2H3.